The van der Waals surface area contributed by atoms with E-state index in [2.05, 4.69) is 42.0 Å². The highest BCUT2D eigenvalue weighted by Gasteiger charge is 2.31. The molecule has 1 aliphatic carbocycles. The molecule has 0 amide bonds. The SMILES string of the molecule is CNc1nc(C2CCC(C(C)(C)C)CC2)nc(C)c1Br. The van der Waals surface area contributed by atoms with E-state index in [0.29, 0.717) is 11.3 Å². The monoisotopic (exact) mass is 339 g/mol. The minimum atomic E-state index is 0.428. The van der Waals surface area contributed by atoms with E-state index in [-0.39, 0.29) is 0 Å². The smallest absolute Gasteiger partial charge is 0.144 e. The van der Waals surface area contributed by atoms with Gasteiger partial charge in [-0.3, -0.25) is 0 Å². The van der Waals surface area contributed by atoms with Gasteiger partial charge in [0.25, 0.3) is 0 Å². The van der Waals surface area contributed by atoms with E-state index in [1.807, 2.05) is 14.0 Å². The lowest BCUT2D eigenvalue weighted by Crippen LogP contribution is -2.26. The maximum Gasteiger partial charge on any atom is 0.144 e. The first-order chi connectivity index (χ1) is 9.32. The topological polar surface area (TPSA) is 37.8 Å². The summed E-state index contributed by atoms with van der Waals surface area (Å²) in [4.78, 5) is 9.39. The molecule has 1 aromatic rings. The Morgan fingerprint density at radius 2 is 1.70 bits per heavy atom. The summed E-state index contributed by atoms with van der Waals surface area (Å²) in [5.74, 6) is 3.28. The molecule has 1 N–H and O–H groups in total. The van der Waals surface area contributed by atoms with Crippen molar-refractivity contribution in [3.05, 3.63) is 16.0 Å². The van der Waals surface area contributed by atoms with E-state index in [0.717, 1.165) is 27.7 Å². The van der Waals surface area contributed by atoms with Crippen LogP contribution in [-0.2, 0) is 0 Å². The molecule has 0 spiro atoms. The number of nitrogens with one attached hydrogen (secondary N) is 1. The lowest BCUT2D eigenvalue weighted by Gasteiger charge is -2.36. The third-order valence-electron chi connectivity index (χ3n) is 4.59. The average Bonchev–Trinajstić information content (AvgIpc) is 2.41. The number of anilines is 1. The van der Waals surface area contributed by atoms with Crippen molar-refractivity contribution in [3.63, 3.8) is 0 Å². The second kappa shape index (κ2) is 6.00. The van der Waals surface area contributed by atoms with Gasteiger partial charge < -0.3 is 5.32 Å². The van der Waals surface area contributed by atoms with E-state index in [9.17, 15) is 0 Å². The summed E-state index contributed by atoms with van der Waals surface area (Å²) in [6.45, 7) is 9.11. The van der Waals surface area contributed by atoms with Crippen LogP contribution in [0.1, 0.15) is 63.9 Å². The van der Waals surface area contributed by atoms with Crippen LogP contribution >= 0.6 is 15.9 Å². The Labute approximate surface area is 131 Å². The fourth-order valence-electron chi connectivity index (χ4n) is 3.15. The largest absolute Gasteiger partial charge is 0.372 e. The van der Waals surface area contributed by atoms with Crippen LogP contribution in [0.3, 0.4) is 0 Å². The summed E-state index contributed by atoms with van der Waals surface area (Å²) in [5.41, 5.74) is 1.45. The number of hydrogen-bond acceptors (Lipinski definition) is 3. The van der Waals surface area contributed by atoms with Crippen LogP contribution in [0.5, 0.6) is 0 Å². The third-order valence-corrected chi connectivity index (χ3v) is 5.54. The van der Waals surface area contributed by atoms with Gasteiger partial charge in [-0.2, -0.15) is 0 Å². The fourth-order valence-corrected chi connectivity index (χ4v) is 3.52. The molecule has 0 bridgehead atoms. The van der Waals surface area contributed by atoms with Crippen molar-refractivity contribution in [1.29, 1.82) is 0 Å². The number of aromatic nitrogens is 2. The summed E-state index contributed by atoms with van der Waals surface area (Å²) in [5, 5.41) is 3.15. The first-order valence-electron chi connectivity index (χ1n) is 7.54. The quantitative estimate of drug-likeness (QED) is 0.831. The molecule has 0 radical (unpaired) electrons. The fraction of sp³-hybridized carbons (Fsp3) is 0.750. The van der Waals surface area contributed by atoms with Crippen molar-refractivity contribution in [2.45, 2.75) is 59.3 Å². The van der Waals surface area contributed by atoms with Gasteiger partial charge in [0.1, 0.15) is 11.6 Å². The van der Waals surface area contributed by atoms with Crippen LogP contribution in [0.15, 0.2) is 4.47 Å². The molecule has 0 saturated heterocycles. The minimum Gasteiger partial charge on any atom is -0.372 e. The van der Waals surface area contributed by atoms with Gasteiger partial charge in [0.05, 0.1) is 10.2 Å². The zero-order chi connectivity index (χ0) is 14.9. The van der Waals surface area contributed by atoms with Gasteiger partial charge in [-0.25, -0.2) is 9.97 Å². The van der Waals surface area contributed by atoms with Gasteiger partial charge >= 0.3 is 0 Å². The van der Waals surface area contributed by atoms with Crippen molar-refractivity contribution >= 4 is 21.7 Å². The van der Waals surface area contributed by atoms with Crippen molar-refractivity contribution in [1.82, 2.24) is 9.97 Å². The Hall–Kier alpha value is -0.640. The highest BCUT2D eigenvalue weighted by molar-refractivity contribution is 9.10. The Morgan fingerprint density at radius 1 is 1.10 bits per heavy atom. The molecule has 1 heterocycles. The Kier molecular flexibility index (Phi) is 4.73. The second-order valence-electron chi connectivity index (χ2n) is 6.99. The van der Waals surface area contributed by atoms with E-state index >= 15 is 0 Å². The zero-order valence-electron chi connectivity index (χ0n) is 13.3. The molecule has 0 aromatic carbocycles. The number of nitrogens with zero attached hydrogens (tertiary/aromatic N) is 2. The molecule has 1 aliphatic rings. The highest BCUT2D eigenvalue weighted by atomic mass is 79.9. The van der Waals surface area contributed by atoms with Gasteiger partial charge in [0.2, 0.25) is 0 Å². The average molecular weight is 340 g/mol. The van der Waals surface area contributed by atoms with E-state index in [1.165, 1.54) is 25.7 Å². The van der Waals surface area contributed by atoms with Gasteiger partial charge in [0.15, 0.2) is 0 Å². The van der Waals surface area contributed by atoms with E-state index in [1.54, 1.807) is 0 Å². The van der Waals surface area contributed by atoms with Crippen LogP contribution < -0.4 is 5.32 Å². The molecule has 112 valence electrons. The maximum absolute atomic E-state index is 4.69. The molecule has 0 unspecified atom stereocenters. The molecule has 1 aromatic heterocycles. The first kappa shape index (κ1) is 15.7. The van der Waals surface area contributed by atoms with Crippen molar-refractivity contribution in [2.24, 2.45) is 11.3 Å². The van der Waals surface area contributed by atoms with Crippen LogP contribution in [-0.4, -0.2) is 17.0 Å². The van der Waals surface area contributed by atoms with Gasteiger partial charge in [-0.05, 0) is 59.9 Å². The molecule has 0 aliphatic heterocycles. The summed E-state index contributed by atoms with van der Waals surface area (Å²) in [7, 11) is 1.91. The molecule has 0 atom stereocenters. The predicted molar refractivity (Wildman–Crippen MR) is 88.2 cm³/mol. The summed E-state index contributed by atoms with van der Waals surface area (Å²) in [6.07, 6.45) is 5.02. The number of halogens is 1. The van der Waals surface area contributed by atoms with Gasteiger partial charge in [0, 0.05) is 13.0 Å². The molecule has 3 nitrogen and oxygen atoms in total. The molecule has 20 heavy (non-hydrogen) atoms. The standard InChI is InChI=1S/C16H26BrN3/c1-10-13(17)15(18-5)20-14(19-10)11-6-8-12(9-7-11)16(2,3)4/h11-12H,6-9H2,1-5H3,(H,18,19,20). The number of rotatable bonds is 2. The van der Waals surface area contributed by atoms with Crippen molar-refractivity contribution in [3.8, 4) is 0 Å². The van der Waals surface area contributed by atoms with Crippen LogP contribution in [0.4, 0.5) is 5.82 Å². The van der Waals surface area contributed by atoms with Crippen molar-refractivity contribution in [2.75, 3.05) is 12.4 Å². The molecule has 4 heteroatoms. The number of hydrogen-bond donors (Lipinski definition) is 1. The Bertz CT molecular complexity index is 471. The van der Waals surface area contributed by atoms with Crippen LogP contribution in [0.25, 0.3) is 0 Å². The molecule has 2 rings (SSSR count). The highest BCUT2D eigenvalue weighted by Crippen LogP contribution is 2.42. The Balaban J connectivity index is 2.13. The normalized spacial score (nSPS) is 23.7. The predicted octanol–water partition coefficient (Wildman–Crippen LogP) is 4.91. The molecular formula is C16H26BrN3. The number of aryl methyl sites for hydroxylation is 1. The zero-order valence-corrected chi connectivity index (χ0v) is 14.8. The minimum absolute atomic E-state index is 0.428. The summed E-state index contributed by atoms with van der Waals surface area (Å²) in [6, 6.07) is 0. The lowest BCUT2D eigenvalue weighted by atomic mass is 9.69. The molecular weight excluding hydrogens is 314 g/mol. The van der Waals surface area contributed by atoms with Crippen molar-refractivity contribution < 1.29 is 0 Å². The molecule has 1 fully saturated rings. The second-order valence-corrected chi connectivity index (χ2v) is 7.79. The van der Waals surface area contributed by atoms with E-state index in [4.69, 9.17) is 9.97 Å². The third kappa shape index (κ3) is 3.33. The first-order valence-corrected chi connectivity index (χ1v) is 8.34. The van der Waals surface area contributed by atoms with Gasteiger partial charge in [-0.1, -0.05) is 20.8 Å². The molecule has 1 saturated carbocycles. The lowest BCUT2D eigenvalue weighted by molar-refractivity contribution is 0.167. The van der Waals surface area contributed by atoms with E-state index < -0.39 is 0 Å². The Morgan fingerprint density at radius 3 is 2.20 bits per heavy atom. The van der Waals surface area contributed by atoms with Crippen LogP contribution in [0, 0.1) is 18.3 Å². The maximum atomic E-state index is 4.69. The van der Waals surface area contributed by atoms with Crippen LogP contribution in [0.2, 0.25) is 0 Å². The summed E-state index contributed by atoms with van der Waals surface area (Å²) < 4.78 is 0.979. The van der Waals surface area contributed by atoms with Gasteiger partial charge in [-0.15, -0.1) is 0 Å². The summed E-state index contributed by atoms with van der Waals surface area (Å²) >= 11 is 3.55.